The topological polar surface area (TPSA) is 87.2 Å². The first-order valence-electron chi connectivity index (χ1n) is 14.5. The van der Waals surface area contributed by atoms with E-state index in [4.69, 9.17) is 4.74 Å². The van der Waals surface area contributed by atoms with Crippen LogP contribution in [0.4, 0.5) is 0 Å². The lowest BCUT2D eigenvalue weighted by atomic mass is 9.66. The molecule has 0 saturated carbocycles. The van der Waals surface area contributed by atoms with Crippen molar-refractivity contribution in [3.8, 4) is 0 Å². The molecule has 0 aromatic rings. The zero-order valence-corrected chi connectivity index (χ0v) is 25.9. The Kier molecular flexibility index (Phi) is 9.74. The molecule has 0 aromatic heterocycles. The van der Waals surface area contributed by atoms with E-state index in [0.29, 0.717) is 13.2 Å². The summed E-state index contributed by atoms with van der Waals surface area (Å²) in [7, 11) is 0. The van der Waals surface area contributed by atoms with E-state index in [9.17, 15) is 19.5 Å². The highest BCUT2D eigenvalue weighted by molar-refractivity contribution is 8.02. The molecule has 220 valence electrons. The van der Waals surface area contributed by atoms with E-state index in [1.165, 1.54) is 0 Å². The molecule has 0 aromatic carbocycles. The van der Waals surface area contributed by atoms with Crippen LogP contribution in [0.25, 0.3) is 0 Å². The van der Waals surface area contributed by atoms with E-state index >= 15 is 0 Å². The number of thioether (sulfide) groups is 1. The molecule has 3 unspecified atom stereocenters. The average Bonchev–Trinajstić information content (AvgIpc) is 3.43. The maximum Gasteiger partial charge on any atom is 0.310 e. The first kappa shape index (κ1) is 31.7. The predicted molar refractivity (Wildman–Crippen MR) is 157 cm³/mol. The molecule has 7 atom stereocenters. The second-order valence-corrected chi connectivity index (χ2v) is 15.1. The lowest BCUT2D eigenvalue weighted by Gasteiger charge is -2.47. The quantitative estimate of drug-likeness (QED) is 0.197. The molecule has 3 aliphatic heterocycles. The highest BCUT2D eigenvalue weighted by Gasteiger charge is 2.77. The molecule has 39 heavy (non-hydrogen) atoms. The molecule has 3 aliphatic rings. The first-order chi connectivity index (χ1) is 18.2. The fourth-order valence-corrected chi connectivity index (χ4v) is 9.92. The molecule has 3 rings (SSSR count). The molecule has 3 fully saturated rings. The van der Waals surface area contributed by atoms with Crippen molar-refractivity contribution in [2.45, 2.75) is 108 Å². The van der Waals surface area contributed by atoms with Crippen LogP contribution in [0.1, 0.15) is 80.6 Å². The van der Waals surface area contributed by atoms with Crippen molar-refractivity contribution in [2.75, 3.05) is 19.8 Å². The number of amides is 2. The van der Waals surface area contributed by atoms with Gasteiger partial charge < -0.3 is 19.6 Å². The minimum absolute atomic E-state index is 0.0258. The third kappa shape index (κ3) is 5.83. The smallest absolute Gasteiger partial charge is 0.310 e. The SMILES string of the molecule is C=CCCCCOC(=O)[C@@H]1[C@@H]2CC(C)C3(S2)C(C(=O)N(CC=C)C(C)(C)CC(C)(C)C)N([C@H](C)CO)C(=O)[C@H]13. The molecule has 2 bridgehead atoms. The summed E-state index contributed by atoms with van der Waals surface area (Å²) in [6, 6.07) is -1.32. The molecular weight excluding hydrogens is 512 g/mol. The van der Waals surface area contributed by atoms with Gasteiger partial charge in [-0.3, -0.25) is 14.4 Å². The van der Waals surface area contributed by atoms with Gasteiger partial charge in [0.15, 0.2) is 0 Å². The molecule has 3 saturated heterocycles. The van der Waals surface area contributed by atoms with Crippen LogP contribution < -0.4 is 0 Å². The number of nitrogens with zero attached hydrogens (tertiary/aromatic N) is 2. The minimum atomic E-state index is -0.772. The van der Waals surface area contributed by atoms with E-state index in [1.807, 2.05) is 11.0 Å². The summed E-state index contributed by atoms with van der Waals surface area (Å²) in [5, 5.41) is 10.1. The molecule has 3 heterocycles. The maximum atomic E-state index is 14.7. The Morgan fingerprint density at radius 3 is 2.46 bits per heavy atom. The minimum Gasteiger partial charge on any atom is -0.465 e. The number of likely N-dealkylation sites (tertiary alicyclic amines) is 1. The second-order valence-electron chi connectivity index (χ2n) is 13.6. The van der Waals surface area contributed by atoms with Gasteiger partial charge in [0, 0.05) is 17.3 Å². The van der Waals surface area contributed by atoms with E-state index in [1.54, 1.807) is 29.7 Å². The van der Waals surface area contributed by atoms with E-state index in [-0.39, 0.29) is 41.0 Å². The molecule has 1 N–H and O–H groups in total. The van der Waals surface area contributed by atoms with Gasteiger partial charge in [-0.1, -0.05) is 39.8 Å². The summed E-state index contributed by atoms with van der Waals surface area (Å²) in [6.07, 6.45) is 7.61. The number of allylic oxidation sites excluding steroid dienone is 1. The summed E-state index contributed by atoms with van der Waals surface area (Å²) in [5.41, 5.74) is -0.522. The van der Waals surface area contributed by atoms with Crippen LogP contribution in [-0.2, 0) is 19.1 Å². The van der Waals surface area contributed by atoms with Crippen LogP contribution >= 0.6 is 11.8 Å². The highest BCUT2D eigenvalue weighted by Crippen LogP contribution is 2.69. The summed E-state index contributed by atoms with van der Waals surface area (Å²) >= 11 is 1.64. The third-order valence-corrected chi connectivity index (χ3v) is 10.8. The maximum absolute atomic E-state index is 14.7. The fourth-order valence-electron chi connectivity index (χ4n) is 7.53. The van der Waals surface area contributed by atoms with Gasteiger partial charge in [-0.05, 0) is 64.2 Å². The third-order valence-electron chi connectivity index (χ3n) is 8.75. The van der Waals surface area contributed by atoms with Crippen LogP contribution in [0, 0.1) is 23.2 Å². The standard InChI is InChI=1S/C31H50N2O5S/c1-10-12-13-14-16-38-28(37)23-22-17-20(3)31(39-22)24(23)26(35)33(21(4)18-34)25(31)27(36)32(15-11-2)30(8,9)19-29(5,6)7/h10-11,20-25,34H,1-2,12-19H2,3-9H3/t20?,21-,22+,23-,24+,25?,31?/m1/s1. The van der Waals surface area contributed by atoms with Gasteiger partial charge in [0.1, 0.15) is 6.04 Å². The van der Waals surface area contributed by atoms with Gasteiger partial charge in [-0.2, -0.15) is 0 Å². The average molecular weight is 563 g/mol. The largest absolute Gasteiger partial charge is 0.465 e. The van der Waals surface area contributed by atoms with Crippen molar-refractivity contribution in [1.29, 1.82) is 0 Å². The van der Waals surface area contributed by atoms with Crippen molar-refractivity contribution in [3.63, 3.8) is 0 Å². The molecule has 0 radical (unpaired) electrons. The lowest BCUT2D eigenvalue weighted by molar-refractivity contribution is -0.155. The van der Waals surface area contributed by atoms with Gasteiger partial charge in [-0.15, -0.1) is 24.9 Å². The van der Waals surface area contributed by atoms with Crippen molar-refractivity contribution < 1.29 is 24.2 Å². The predicted octanol–water partition coefficient (Wildman–Crippen LogP) is 4.83. The number of carbonyl (C=O) groups excluding carboxylic acids is 3. The van der Waals surface area contributed by atoms with Crippen LogP contribution in [-0.4, -0.2) is 80.1 Å². The molecule has 2 amide bonds. The van der Waals surface area contributed by atoms with Crippen LogP contribution in [0.5, 0.6) is 0 Å². The van der Waals surface area contributed by atoms with E-state index in [0.717, 1.165) is 32.1 Å². The number of unbranched alkanes of at least 4 members (excludes halogenated alkanes) is 2. The number of hydrogen-bond donors (Lipinski definition) is 1. The molecule has 0 aliphatic carbocycles. The number of esters is 1. The Hall–Kier alpha value is -1.80. The van der Waals surface area contributed by atoms with Gasteiger partial charge in [0.25, 0.3) is 0 Å². The van der Waals surface area contributed by atoms with Gasteiger partial charge in [0.2, 0.25) is 11.8 Å². The van der Waals surface area contributed by atoms with Gasteiger partial charge in [-0.25, -0.2) is 0 Å². The number of ether oxygens (including phenoxy) is 1. The summed E-state index contributed by atoms with van der Waals surface area (Å²) < 4.78 is 4.97. The zero-order chi connectivity index (χ0) is 29.3. The van der Waals surface area contributed by atoms with Crippen LogP contribution in [0.15, 0.2) is 25.3 Å². The number of rotatable bonds is 13. The van der Waals surface area contributed by atoms with Crippen molar-refractivity contribution >= 4 is 29.5 Å². The Balaban J connectivity index is 2.02. The molecule has 7 nitrogen and oxygen atoms in total. The Morgan fingerprint density at radius 2 is 1.90 bits per heavy atom. The highest BCUT2D eigenvalue weighted by atomic mass is 32.2. The van der Waals surface area contributed by atoms with Crippen molar-refractivity contribution in [1.82, 2.24) is 9.80 Å². The van der Waals surface area contributed by atoms with E-state index in [2.05, 4.69) is 54.7 Å². The van der Waals surface area contributed by atoms with Crippen LogP contribution in [0.3, 0.4) is 0 Å². The van der Waals surface area contributed by atoms with Gasteiger partial charge in [0.05, 0.1) is 35.8 Å². The number of carbonyl (C=O) groups is 3. The Labute approximate surface area is 239 Å². The summed E-state index contributed by atoms with van der Waals surface area (Å²) in [4.78, 5) is 45.9. The second kappa shape index (κ2) is 12.0. The molecule has 8 heteroatoms. The Morgan fingerprint density at radius 1 is 1.23 bits per heavy atom. The zero-order valence-electron chi connectivity index (χ0n) is 25.1. The monoisotopic (exact) mass is 562 g/mol. The Bertz CT molecular complexity index is 959. The number of aliphatic hydroxyl groups excluding tert-OH is 1. The summed E-state index contributed by atoms with van der Waals surface area (Å²) in [5.74, 6) is -1.84. The fraction of sp³-hybridized carbons (Fsp3) is 0.774. The molecular formula is C31H50N2O5S. The van der Waals surface area contributed by atoms with Crippen LogP contribution in [0.2, 0.25) is 0 Å². The summed E-state index contributed by atoms with van der Waals surface area (Å²) in [6.45, 7) is 22.6. The number of hydrogen-bond acceptors (Lipinski definition) is 6. The molecule has 1 spiro atoms. The van der Waals surface area contributed by atoms with Crippen molar-refractivity contribution in [2.24, 2.45) is 23.2 Å². The number of fused-ring (bicyclic) bond motifs is 1. The van der Waals surface area contributed by atoms with Crippen molar-refractivity contribution in [3.05, 3.63) is 25.3 Å². The first-order valence-corrected chi connectivity index (χ1v) is 15.4. The normalized spacial score (nSPS) is 30.7. The lowest BCUT2D eigenvalue weighted by Crippen LogP contribution is -2.62. The number of aliphatic hydroxyl groups is 1. The van der Waals surface area contributed by atoms with Gasteiger partial charge >= 0.3 is 5.97 Å². The van der Waals surface area contributed by atoms with E-state index < -0.39 is 34.2 Å².